The van der Waals surface area contributed by atoms with Crippen molar-refractivity contribution >= 4 is 27.6 Å². The number of rotatable bonds is 3. The number of anilines is 1. The Balaban J connectivity index is 2.56. The van der Waals surface area contributed by atoms with Gasteiger partial charge in [-0.15, -0.1) is 0 Å². The van der Waals surface area contributed by atoms with Crippen LogP contribution < -0.4 is 10.6 Å². The van der Waals surface area contributed by atoms with Gasteiger partial charge in [0.1, 0.15) is 5.82 Å². The molecule has 0 aliphatic carbocycles. The smallest absolute Gasteiger partial charge is 0.319 e. The molecule has 2 amide bonds. The maximum atomic E-state index is 13.6. The molecule has 0 saturated carbocycles. The highest BCUT2D eigenvalue weighted by Gasteiger charge is 2.12. The summed E-state index contributed by atoms with van der Waals surface area (Å²) in [4.78, 5) is 11.6. The highest BCUT2D eigenvalue weighted by Crippen LogP contribution is 2.24. The first kappa shape index (κ1) is 16.0. The summed E-state index contributed by atoms with van der Waals surface area (Å²) < 4.78 is 14.4. The van der Waals surface area contributed by atoms with Gasteiger partial charge in [-0.05, 0) is 36.5 Å². The minimum absolute atomic E-state index is 0.158. The molecule has 0 heterocycles. The second-order valence-corrected chi connectivity index (χ2v) is 6.63. The van der Waals surface area contributed by atoms with E-state index in [2.05, 4.69) is 47.3 Å². The highest BCUT2D eigenvalue weighted by molar-refractivity contribution is 9.10. The maximum Gasteiger partial charge on any atom is 0.319 e. The van der Waals surface area contributed by atoms with Crippen molar-refractivity contribution in [2.75, 3.05) is 11.9 Å². The summed E-state index contributed by atoms with van der Waals surface area (Å²) in [5.41, 5.74) is 1.12. The van der Waals surface area contributed by atoms with Crippen molar-refractivity contribution in [2.24, 2.45) is 5.41 Å². The largest absolute Gasteiger partial charge is 0.338 e. The van der Waals surface area contributed by atoms with Crippen molar-refractivity contribution in [3.63, 3.8) is 0 Å². The number of carbonyl (C=O) groups is 1. The Morgan fingerprint density at radius 2 is 2.00 bits per heavy atom. The fourth-order valence-electron chi connectivity index (χ4n) is 1.46. The number of carbonyl (C=O) groups excluding carboxylic acids is 1. The van der Waals surface area contributed by atoms with Gasteiger partial charge in [0.15, 0.2) is 0 Å². The van der Waals surface area contributed by atoms with Gasteiger partial charge in [-0.3, -0.25) is 0 Å². The fraction of sp³-hybridized carbons (Fsp3) is 0.500. The fourth-order valence-corrected chi connectivity index (χ4v) is 1.80. The van der Waals surface area contributed by atoms with E-state index in [0.717, 1.165) is 16.5 Å². The lowest BCUT2D eigenvalue weighted by molar-refractivity contribution is 0.250. The Hall–Kier alpha value is -1.10. The molecule has 0 saturated heterocycles. The molecule has 0 atom stereocenters. The minimum atomic E-state index is -0.438. The van der Waals surface area contributed by atoms with E-state index in [4.69, 9.17) is 0 Å². The first-order valence-corrected chi connectivity index (χ1v) is 6.99. The van der Waals surface area contributed by atoms with Gasteiger partial charge >= 0.3 is 6.03 Å². The summed E-state index contributed by atoms with van der Waals surface area (Å²) >= 11 is 3.31. The first-order valence-electron chi connectivity index (χ1n) is 6.19. The first-order chi connectivity index (χ1) is 8.69. The summed E-state index contributed by atoms with van der Waals surface area (Å²) in [6, 6.07) is 2.56. The van der Waals surface area contributed by atoms with Gasteiger partial charge in [-0.25, -0.2) is 9.18 Å². The molecule has 1 aromatic rings. The highest BCUT2D eigenvalue weighted by atomic mass is 79.9. The molecular formula is C14H20BrFN2O. The molecular weight excluding hydrogens is 311 g/mol. The Morgan fingerprint density at radius 3 is 2.58 bits per heavy atom. The Labute approximate surface area is 122 Å². The molecule has 0 aliphatic heterocycles. The van der Waals surface area contributed by atoms with Crippen LogP contribution in [0.4, 0.5) is 14.9 Å². The second-order valence-electron chi connectivity index (χ2n) is 5.77. The Morgan fingerprint density at radius 1 is 1.37 bits per heavy atom. The zero-order chi connectivity index (χ0) is 14.6. The molecule has 0 radical (unpaired) electrons. The van der Waals surface area contributed by atoms with E-state index < -0.39 is 5.82 Å². The summed E-state index contributed by atoms with van der Waals surface area (Å²) in [5, 5.41) is 5.23. The van der Waals surface area contributed by atoms with Crippen LogP contribution in [0.3, 0.4) is 0 Å². The van der Waals surface area contributed by atoms with Crippen LogP contribution >= 0.6 is 15.9 Å². The van der Waals surface area contributed by atoms with Gasteiger partial charge in [-0.1, -0.05) is 36.7 Å². The number of urea groups is 1. The number of benzene rings is 1. The molecule has 0 spiro atoms. The third-order valence-corrected chi connectivity index (χ3v) is 3.51. The number of hydrogen-bond donors (Lipinski definition) is 2. The molecule has 0 bridgehead atoms. The number of amides is 2. The van der Waals surface area contributed by atoms with Crippen molar-refractivity contribution in [1.29, 1.82) is 0 Å². The molecule has 0 aromatic heterocycles. The zero-order valence-electron chi connectivity index (χ0n) is 11.7. The van der Waals surface area contributed by atoms with E-state index in [1.165, 1.54) is 6.07 Å². The molecule has 1 rings (SSSR count). The van der Waals surface area contributed by atoms with Crippen molar-refractivity contribution in [1.82, 2.24) is 5.32 Å². The van der Waals surface area contributed by atoms with Gasteiger partial charge < -0.3 is 10.6 Å². The van der Waals surface area contributed by atoms with Crippen LogP contribution in [0.25, 0.3) is 0 Å². The molecule has 19 heavy (non-hydrogen) atoms. The van der Waals surface area contributed by atoms with E-state index >= 15 is 0 Å². The lowest BCUT2D eigenvalue weighted by Crippen LogP contribution is -2.31. The van der Waals surface area contributed by atoms with Gasteiger partial charge in [0.25, 0.3) is 0 Å². The van der Waals surface area contributed by atoms with Crippen LogP contribution in [-0.2, 0) is 0 Å². The van der Waals surface area contributed by atoms with Crippen LogP contribution in [-0.4, -0.2) is 12.6 Å². The summed E-state index contributed by atoms with van der Waals surface area (Å²) in [6.07, 6.45) is 0.862. The van der Waals surface area contributed by atoms with Crippen LogP contribution in [0.5, 0.6) is 0 Å². The number of nitrogens with one attached hydrogen (secondary N) is 2. The quantitative estimate of drug-likeness (QED) is 0.844. The van der Waals surface area contributed by atoms with E-state index in [-0.39, 0.29) is 17.1 Å². The van der Waals surface area contributed by atoms with Crippen molar-refractivity contribution in [2.45, 2.75) is 34.1 Å². The summed E-state index contributed by atoms with van der Waals surface area (Å²) in [6.45, 7) is 8.65. The Bertz CT molecular complexity index is 469. The molecule has 3 nitrogen and oxygen atoms in total. The standard InChI is InChI=1S/C14H20BrFN2O/c1-9-7-11(16)12(8-10(9)15)18-13(19)17-6-5-14(2,3)4/h7-8H,5-6H2,1-4H3,(H2,17,18,19). The third kappa shape index (κ3) is 5.59. The van der Waals surface area contributed by atoms with Gasteiger partial charge in [0.2, 0.25) is 0 Å². The zero-order valence-corrected chi connectivity index (χ0v) is 13.3. The van der Waals surface area contributed by atoms with Crippen molar-refractivity contribution in [3.05, 3.63) is 28.0 Å². The Kier molecular flexibility index (Phi) is 5.35. The predicted molar refractivity (Wildman–Crippen MR) is 79.9 cm³/mol. The molecule has 0 fully saturated rings. The van der Waals surface area contributed by atoms with E-state index in [0.29, 0.717) is 6.54 Å². The molecule has 106 valence electrons. The molecule has 0 aliphatic rings. The van der Waals surface area contributed by atoms with E-state index in [1.807, 2.05) is 0 Å². The molecule has 5 heteroatoms. The van der Waals surface area contributed by atoms with Crippen molar-refractivity contribution < 1.29 is 9.18 Å². The number of halogens is 2. The van der Waals surface area contributed by atoms with Crippen LogP contribution in [0.2, 0.25) is 0 Å². The van der Waals surface area contributed by atoms with Gasteiger partial charge in [0.05, 0.1) is 5.69 Å². The molecule has 0 unspecified atom stereocenters. The van der Waals surface area contributed by atoms with Gasteiger partial charge in [-0.2, -0.15) is 0 Å². The molecule has 1 aromatic carbocycles. The summed E-state index contributed by atoms with van der Waals surface area (Å²) in [5.74, 6) is -0.438. The second kappa shape index (κ2) is 6.37. The molecule has 2 N–H and O–H groups in total. The lowest BCUT2D eigenvalue weighted by Gasteiger charge is -2.18. The normalized spacial score (nSPS) is 11.3. The maximum absolute atomic E-state index is 13.6. The SMILES string of the molecule is Cc1cc(F)c(NC(=O)NCCC(C)(C)C)cc1Br. The van der Waals surface area contributed by atoms with E-state index in [1.54, 1.807) is 13.0 Å². The summed E-state index contributed by atoms with van der Waals surface area (Å²) in [7, 11) is 0. The van der Waals surface area contributed by atoms with Crippen LogP contribution in [0.1, 0.15) is 32.8 Å². The predicted octanol–water partition coefficient (Wildman–Crippen LogP) is 4.45. The van der Waals surface area contributed by atoms with Crippen molar-refractivity contribution in [3.8, 4) is 0 Å². The monoisotopic (exact) mass is 330 g/mol. The lowest BCUT2D eigenvalue weighted by atomic mass is 9.92. The van der Waals surface area contributed by atoms with E-state index in [9.17, 15) is 9.18 Å². The average Bonchev–Trinajstić information content (AvgIpc) is 2.24. The number of aryl methyl sites for hydroxylation is 1. The topological polar surface area (TPSA) is 41.1 Å². The van der Waals surface area contributed by atoms with Crippen LogP contribution in [0, 0.1) is 18.2 Å². The van der Waals surface area contributed by atoms with Crippen LogP contribution in [0.15, 0.2) is 16.6 Å². The third-order valence-electron chi connectivity index (χ3n) is 2.66. The minimum Gasteiger partial charge on any atom is -0.338 e. The average molecular weight is 331 g/mol. The number of hydrogen-bond acceptors (Lipinski definition) is 1. The van der Waals surface area contributed by atoms with Gasteiger partial charge in [0, 0.05) is 11.0 Å².